The number of halogens is 1. The van der Waals surface area contributed by atoms with Gasteiger partial charge in [-0.25, -0.2) is 4.98 Å². The van der Waals surface area contributed by atoms with E-state index in [-0.39, 0.29) is 5.91 Å². The molecule has 0 saturated carbocycles. The van der Waals surface area contributed by atoms with Crippen molar-refractivity contribution < 1.29 is 9.53 Å². The SMILES string of the molecule is CCCCCOc1cccc(C(=O)N(Cc2ccccc2)c2nc3c(C)ccc(Cl)c3s2)c1. The van der Waals surface area contributed by atoms with E-state index in [1.807, 2.05) is 73.7 Å². The minimum atomic E-state index is -0.120. The van der Waals surface area contributed by atoms with E-state index in [9.17, 15) is 4.79 Å². The predicted octanol–water partition coefficient (Wildman–Crippen LogP) is 7.67. The Hall–Kier alpha value is -2.89. The average Bonchev–Trinajstić information content (AvgIpc) is 3.30. The minimum absolute atomic E-state index is 0.120. The lowest BCUT2D eigenvalue weighted by atomic mass is 10.1. The summed E-state index contributed by atoms with van der Waals surface area (Å²) in [5.74, 6) is 0.588. The van der Waals surface area contributed by atoms with Gasteiger partial charge in [0.15, 0.2) is 5.13 Å². The van der Waals surface area contributed by atoms with Crippen LogP contribution in [0, 0.1) is 6.92 Å². The van der Waals surface area contributed by atoms with Crippen molar-refractivity contribution in [3.05, 3.63) is 88.4 Å². The first-order valence-corrected chi connectivity index (χ1v) is 12.4. The number of hydrogen-bond acceptors (Lipinski definition) is 4. The van der Waals surface area contributed by atoms with Crippen LogP contribution in [0.4, 0.5) is 5.13 Å². The molecule has 0 radical (unpaired) electrons. The number of carbonyl (C=O) groups is 1. The molecule has 4 rings (SSSR count). The number of unbranched alkanes of at least 4 members (excludes halogenated alkanes) is 2. The van der Waals surface area contributed by atoms with Crippen molar-refractivity contribution in [2.75, 3.05) is 11.5 Å². The highest BCUT2D eigenvalue weighted by Gasteiger charge is 2.23. The van der Waals surface area contributed by atoms with Crippen LogP contribution < -0.4 is 9.64 Å². The highest BCUT2D eigenvalue weighted by molar-refractivity contribution is 7.23. The summed E-state index contributed by atoms with van der Waals surface area (Å²) in [6, 6.07) is 21.2. The molecule has 0 N–H and O–H groups in total. The third kappa shape index (κ3) is 5.55. The van der Waals surface area contributed by atoms with Crippen molar-refractivity contribution in [1.29, 1.82) is 0 Å². The molecule has 33 heavy (non-hydrogen) atoms. The van der Waals surface area contributed by atoms with Crippen LogP contribution in [0.2, 0.25) is 5.02 Å². The largest absolute Gasteiger partial charge is 0.494 e. The van der Waals surface area contributed by atoms with E-state index in [1.165, 1.54) is 11.3 Å². The van der Waals surface area contributed by atoms with Crippen LogP contribution >= 0.6 is 22.9 Å². The van der Waals surface area contributed by atoms with Crippen LogP contribution in [-0.2, 0) is 6.54 Å². The number of aryl methyl sites for hydroxylation is 1. The number of amides is 1. The van der Waals surface area contributed by atoms with Crippen molar-refractivity contribution in [1.82, 2.24) is 4.98 Å². The van der Waals surface area contributed by atoms with E-state index in [1.54, 1.807) is 4.90 Å². The van der Waals surface area contributed by atoms with Crippen molar-refractivity contribution in [2.45, 2.75) is 39.7 Å². The number of ether oxygens (including phenoxy) is 1. The fourth-order valence-corrected chi connectivity index (χ4v) is 4.93. The summed E-state index contributed by atoms with van der Waals surface area (Å²) in [6.45, 7) is 5.23. The second kappa shape index (κ2) is 10.8. The Kier molecular flexibility index (Phi) is 7.63. The van der Waals surface area contributed by atoms with E-state index in [0.29, 0.717) is 34.6 Å². The number of rotatable bonds is 9. The van der Waals surface area contributed by atoms with Crippen LogP contribution in [0.5, 0.6) is 5.75 Å². The van der Waals surface area contributed by atoms with Gasteiger partial charge in [-0.15, -0.1) is 0 Å². The zero-order valence-corrected chi connectivity index (χ0v) is 20.5. The molecule has 4 aromatic rings. The van der Waals surface area contributed by atoms with Crippen molar-refractivity contribution in [3.63, 3.8) is 0 Å². The molecule has 1 amide bonds. The molecule has 6 heteroatoms. The molecule has 0 spiro atoms. The number of carbonyl (C=O) groups excluding carboxylic acids is 1. The summed E-state index contributed by atoms with van der Waals surface area (Å²) in [5.41, 5.74) is 3.47. The van der Waals surface area contributed by atoms with Gasteiger partial charge < -0.3 is 4.74 Å². The molecule has 3 aromatic carbocycles. The number of hydrogen-bond donors (Lipinski definition) is 0. The first-order chi connectivity index (χ1) is 16.1. The fraction of sp³-hybridized carbons (Fsp3) is 0.259. The Bertz CT molecular complexity index is 1200. The van der Waals surface area contributed by atoms with Gasteiger partial charge in [0.05, 0.1) is 28.4 Å². The molecule has 170 valence electrons. The summed E-state index contributed by atoms with van der Waals surface area (Å²) >= 11 is 7.89. The standard InChI is InChI=1S/C27H27ClN2O2S/c1-3-4-8-16-32-22-13-9-12-21(17-22)26(31)30(18-20-10-6-5-7-11-20)27-29-24-19(2)14-15-23(28)25(24)33-27/h5-7,9-15,17H,3-4,8,16,18H2,1-2H3. The Balaban J connectivity index is 1.68. The van der Waals surface area contributed by atoms with Crippen LogP contribution in [0.15, 0.2) is 66.7 Å². The van der Waals surface area contributed by atoms with Crippen molar-refractivity contribution in [3.8, 4) is 5.75 Å². The van der Waals surface area contributed by atoms with Crippen molar-refractivity contribution in [2.24, 2.45) is 0 Å². The predicted molar refractivity (Wildman–Crippen MR) is 138 cm³/mol. The molecule has 0 fully saturated rings. The minimum Gasteiger partial charge on any atom is -0.494 e. The number of thiazole rings is 1. The Morgan fingerprint density at radius 2 is 1.88 bits per heavy atom. The highest BCUT2D eigenvalue weighted by Crippen LogP contribution is 2.36. The van der Waals surface area contributed by atoms with E-state index < -0.39 is 0 Å². The highest BCUT2D eigenvalue weighted by atomic mass is 35.5. The van der Waals surface area contributed by atoms with Crippen molar-refractivity contribution >= 4 is 44.2 Å². The molecule has 0 aliphatic rings. The number of fused-ring (bicyclic) bond motifs is 1. The number of benzene rings is 3. The lowest BCUT2D eigenvalue weighted by molar-refractivity contribution is 0.0984. The van der Waals surface area contributed by atoms with Gasteiger partial charge in [-0.2, -0.15) is 0 Å². The van der Waals surface area contributed by atoms with Gasteiger partial charge >= 0.3 is 0 Å². The topological polar surface area (TPSA) is 42.4 Å². The van der Waals surface area contributed by atoms with Crippen LogP contribution in [0.1, 0.15) is 47.7 Å². The molecule has 0 aliphatic carbocycles. The van der Waals surface area contributed by atoms with Gasteiger partial charge in [-0.1, -0.05) is 85.2 Å². The van der Waals surface area contributed by atoms with E-state index >= 15 is 0 Å². The number of aromatic nitrogens is 1. The molecule has 0 atom stereocenters. The normalized spacial score (nSPS) is 11.0. The van der Waals surface area contributed by atoms with Gasteiger partial charge in [-0.05, 0) is 48.7 Å². The summed E-state index contributed by atoms with van der Waals surface area (Å²) < 4.78 is 6.77. The first kappa shape index (κ1) is 23.3. The molecular formula is C27H27ClN2O2S. The van der Waals surface area contributed by atoms with E-state index in [2.05, 4.69) is 6.92 Å². The summed E-state index contributed by atoms with van der Waals surface area (Å²) in [6.07, 6.45) is 3.27. The Morgan fingerprint density at radius 1 is 1.06 bits per heavy atom. The van der Waals surface area contributed by atoms with E-state index in [0.717, 1.165) is 40.6 Å². The number of nitrogens with zero attached hydrogens (tertiary/aromatic N) is 2. The van der Waals surface area contributed by atoms with E-state index in [4.69, 9.17) is 21.3 Å². The molecule has 4 nitrogen and oxygen atoms in total. The van der Waals surface area contributed by atoms with Crippen LogP contribution in [-0.4, -0.2) is 17.5 Å². The molecule has 0 bridgehead atoms. The van der Waals surface area contributed by atoms with Gasteiger partial charge in [0.25, 0.3) is 5.91 Å². The van der Waals surface area contributed by atoms with Gasteiger partial charge in [0.1, 0.15) is 5.75 Å². The third-order valence-corrected chi connectivity index (χ3v) is 6.98. The molecule has 0 unspecified atom stereocenters. The molecule has 1 aromatic heterocycles. The maximum Gasteiger partial charge on any atom is 0.260 e. The zero-order chi connectivity index (χ0) is 23.2. The van der Waals surface area contributed by atoms with Gasteiger partial charge in [0.2, 0.25) is 0 Å². The zero-order valence-electron chi connectivity index (χ0n) is 18.9. The molecule has 1 heterocycles. The lowest BCUT2D eigenvalue weighted by Crippen LogP contribution is -2.30. The monoisotopic (exact) mass is 478 g/mol. The van der Waals surface area contributed by atoms with Crippen LogP contribution in [0.25, 0.3) is 10.2 Å². The maximum atomic E-state index is 13.7. The van der Waals surface area contributed by atoms with Gasteiger partial charge in [0, 0.05) is 5.56 Å². The molecule has 0 saturated heterocycles. The quantitative estimate of drug-likeness (QED) is 0.232. The van der Waals surface area contributed by atoms with Gasteiger partial charge in [-0.3, -0.25) is 9.69 Å². The first-order valence-electron chi connectivity index (χ1n) is 11.2. The summed E-state index contributed by atoms with van der Waals surface area (Å²) in [4.78, 5) is 20.3. The molecular weight excluding hydrogens is 452 g/mol. The molecule has 0 aliphatic heterocycles. The Morgan fingerprint density at radius 3 is 2.64 bits per heavy atom. The number of anilines is 1. The summed E-state index contributed by atoms with van der Waals surface area (Å²) in [5, 5.41) is 1.28. The van der Waals surface area contributed by atoms with Crippen LogP contribution in [0.3, 0.4) is 0 Å². The average molecular weight is 479 g/mol. The Labute approximate surface area is 203 Å². The third-order valence-electron chi connectivity index (χ3n) is 5.44. The fourth-order valence-electron chi connectivity index (χ4n) is 3.62. The second-order valence-corrected chi connectivity index (χ2v) is 9.38. The lowest BCUT2D eigenvalue weighted by Gasteiger charge is -2.20. The second-order valence-electron chi connectivity index (χ2n) is 8.00. The smallest absolute Gasteiger partial charge is 0.260 e. The maximum absolute atomic E-state index is 13.7. The summed E-state index contributed by atoms with van der Waals surface area (Å²) in [7, 11) is 0.